The first-order valence-corrected chi connectivity index (χ1v) is 9.82. The first-order valence-electron chi connectivity index (χ1n) is 9.82. The van der Waals surface area contributed by atoms with Gasteiger partial charge in [-0.1, -0.05) is 6.92 Å². The third-order valence-electron chi connectivity index (χ3n) is 7.14. The van der Waals surface area contributed by atoms with Crippen LogP contribution in [0.15, 0.2) is 23.6 Å². The number of hydrogen-bond acceptors (Lipinski definition) is 4. The highest BCUT2D eigenvalue weighted by molar-refractivity contribution is 6.49. The molecule has 4 bridgehead atoms. The quantitative estimate of drug-likeness (QED) is 0.327. The fraction of sp³-hybridized carbons (Fsp3) is 0.550. The molecule has 0 spiro atoms. The summed E-state index contributed by atoms with van der Waals surface area (Å²) in [6.45, 7) is 2.44. The molecule has 2 atom stereocenters. The molecule has 6 rings (SSSR count). The van der Waals surface area contributed by atoms with Gasteiger partial charge in [-0.2, -0.15) is 5.10 Å². The lowest BCUT2D eigenvalue weighted by Crippen LogP contribution is -2.53. The van der Waals surface area contributed by atoms with E-state index >= 15 is 0 Å². The van der Waals surface area contributed by atoms with Gasteiger partial charge in [0.15, 0.2) is 0 Å². The molecule has 4 saturated carbocycles. The topological polar surface area (TPSA) is 90.4 Å². The summed E-state index contributed by atoms with van der Waals surface area (Å²) in [4.78, 5) is 18.6. The predicted molar refractivity (Wildman–Crippen MR) is 105 cm³/mol. The molecule has 0 aliphatic heterocycles. The molecule has 4 aliphatic carbocycles. The van der Waals surface area contributed by atoms with Gasteiger partial charge < -0.3 is 10.0 Å². The summed E-state index contributed by atoms with van der Waals surface area (Å²) in [5.41, 5.74) is 6.22. The molecule has 3 N–H and O–H groups in total. The fourth-order valence-corrected chi connectivity index (χ4v) is 6.68. The molecule has 0 saturated heterocycles. The number of rotatable bonds is 5. The summed E-state index contributed by atoms with van der Waals surface area (Å²) in [5, 5.41) is 15.3. The number of nitrogens with zero attached hydrogens (tertiary/aromatic N) is 2. The lowest BCUT2D eigenvalue weighted by atomic mass is 9.45. The maximum Gasteiger partial charge on any atom is 0.329 e. The van der Waals surface area contributed by atoms with Crippen LogP contribution in [-0.2, 0) is 4.79 Å². The van der Waals surface area contributed by atoms with Crippen LogP contribution in [0.2, 0.25) is 0 Å². The van der Waals surface area contributed by atoms with E-state index in [0.717, 1.165) is 35.7 Å². The number of fused-ring (bicyclic) bond motifs is 1. The molecule has 2 aromatic heterocycles. The summed E-state index contributed by atoms with van der Waals surface area (Å²) in [5.74, 6) is 2.31. The maximum absolute atomic E-state index is 11.1. The number of aromatic nitrogens is 2. The van der Waals surface area contributed by atoms with Gasteiger partial charge in [0.05, 0.1) is 5.71 Å². The largest absolute Gasteiger partial charge is 0.450 e. The van der Waals surface area contributed by atoms with Crippen LogP contribution in [-0.4, -0.2) is 34.6 Å². The summed E-state index contributed by atoms with van der Waals surface area (Å²) < 4.78 is 0. The molecular formula is C20H24BN4O2. The number of nitrogens with one attached hydrogen (secondary N) is 2. The zero-order valence-corrected chi connectivity index (χ0v) is 15.5. The van der Waals surface area contributed by atoms with Gasteiger partial charge in [-0.15, -0.1) is 0 Å². The van der Waals surface area contributed by atoms with Gasteiger partial charge in [0.1, 0.15) is 5.65 Å². The van der Waals surface area contributed by atoms with E-state index in [1.165, 1.54) is 32.1 Å². The van der Waals surface area contributed by atoms with E-state index in [1.807, 2.05) is 12.3 Å². The Morgan fingerprint density at radius 2 is 2.19 bits per heavy atom. The highest BCUT2D eigenvalue weighted by Crippen LogP contribution is 2.62. The number of pyridine rings is 1. The lowest BCUT2D eigenvalue weighted by molar-refractivity contribution is -0.109. The molecule has 139 valence electrons. The minimum Gasteiger partial charge on any atom is -0.450 e. The molecule has 1 amide bonds. The van der Waals surface area contributed by atoms with E-state index < -0.39 is 0 Å². The third-order valence-corrected chi connectivity index (χ3v) is 7.14. The van der Waals surface area contributed by atoms with Crippen molar-refractivity contribution in [1.29, 1.82) is 0 Å². The molecule has 6 nitrogen and oxygen atoms in total. The second-order valence-electron chi connectivity index (χ2n) is 9.01. The molecule has 4 fully saturated rings. The molecule has 1 radical (unpaired) electrons. The first-order chi connectivity index (χ1) is 13.1. The van der Waals surface area contributed by atoms with Crippen LogP contribution in [0.25, 0.3) is 11.0 Å². The van der Waals surface area contributed by atoms with Crippen molar-refractivity contribution < 1.29 is 9.82 Å². The number of hydrogen-bond donors (Lipinski definition) is 3. The monoisotopic (exact) mass is 363 g/mol. The SMILES string of the molecule is CC12CC3CC(C1)C(/C(=N/NC=O)c1c([B]O)cnc4[nH]ccc14)C(C3)C2. The Bertz CT molecular complexity index is 908. The number of amides is 1. The molecule has 27 heavy (non-hydrogen) atoms. The van der Waals surface area contributed by atoms with Crippen LogP contribution >= 0.6 is 0 Å². The van der Waals surface area contributed by atoms with Crippen LogP contribution in [0.1, 0.15) is 44.6 Å². The highest BCUT2D eigenvalue weighted by Gasteiger charge is 2.54. The van der Waals surface area contributed by atoms with E-state index in [-0.39, 0.29) is 0 Å². The predicted octanol–water partition coefficient (Wildman–Crippen LogP) is 1.71. The van der Waals surface area contributed by atoms with Crippen molar-refractivity contribution >= 4 is 36.1 Å². The Balaban J connectivity index is 1.66. The average Bonchev–Trinajstić information content (AvgIpc) is 3.10. The second-order valence-corrected chi connectivity index (χ2v) is 9.01. The van der Waals surface area contributed by atoms with Crippen molar-refractivity contribution in [2.75, 3.05) is 0 Å². The molecular weight excluding hydrogens is 339 g/mol. The van der Waals surface area contributed by atoms with Crippen LogP contribution < -0.4 is 10.9 Å². The minimum absolute atomic E-state index is 0.307. The Hall–Kier alpha value is -2.15. The van der Waals surface area contributed by atoms with Gasteiger partial charge in [0.25, 0.3) is 0 Å². The van der Waals surface area contributed by atoms with E-state index in [1.54, 1.807) is 6.20 Å². The zero-order valence-electron chi connectivity index (χ0n) is 15.5. The van der Waals surface area contributed by atoms with Gasteiger partial charge in [-0.3, -0.25) is 4.79 Å². The van der Waals surface area contributed by atoms with Crippen molar-refractivity contribution in [2.24, 2.45) is 34.2 Å². The normalized spacial score (nSPS) is 34.8. The molecule has 2 unspecified atom stereocenters. The summed E-state index contributed by atoms with van der Waals surface area (Å²) in [6.07, 6.45) is 10.4. The summed E-state index contributed by atoms with van der Waals surface area (Å²) in [6, 6.07) is 1.97. The number of H-pyrrole nitrogens is 1. The van der Waals surface area contributed by atoms with Crippen LogP contribution in [0, 0.1) is 29.1 Å². The third kappa shape index (κ3) is 2.63. The smallest absolute Gasteiger partial charge is 0.329 e. The number of aromatic amines is 1. The first kappa shape index (κ1) is 17.0. The van der Waals surface area contributed by atoms with E-state index in [9.17, 15) is 9.82 Å². The van der Waals surface area contributed by atoms with E-state index in [4.69, 9.17) is 0 Å². The van der Waals surface area contributed by atoms with Crippen LogP contribution in [0.3, 0.4) is 0 Å². The fourth-order valence-electron chi connectivity index (χ4n) is 6.68. The van der Waals surface area contributed by atoms with Crippen molar-refractivity contribution in [1.82, 2.24) is 15.4 Å². The number of hydrazone groups is 1. The van der Waals surface area contributed by atoms with Crippen molar-refractivity contribution in [3.8, 4) is 0 Å². The standard InChI is InChI=1S/C20H24BN4O2/c1-20-6-11-4-12(7-20)16(13(5-11)8-20)18(25-24-10-26)17-14-2-3-22-19(14)23-9-15(17)21-27/h2-3,9-13,16,27H,4-8H2,1H3,(H,22,23)(H,24,26)/b25-18-. The van der Waals surface area contributed by atoms with Crippen molar-refractivity contribution in [3.05, 3.63) is 24.0 Å². The molecule has 2 aromatic rings. The minimum atomic E-state index is 0.307. The van der Waals surface area contributed by atoms with E-state index in [0.29, 0.717) is 35.0 Å². The number of carbonyl (C=O) groups is 1. The second kappa shape index (κ2) is 6.19. The highest BCUT2D eigenvalue weighted by atomic mass is 16.2. The van der Waals surface area contributed by atoms with Crippen molar-refractivity contribution in [3.63, 3.8) is 0 Å². The van der Waals surface area contributed by atoms with Crippen LogP contribution in [0.4, 0.5) is 0 Å². The van der Waals surface area contributed by atoms with Gasteiger partial charge >= 0.3 is 7.48 Å². The Morgan fingerprint density at radius 3 is 2.85 bits per heavy atom. The molecule has 0 aromatic carbocycles. The van der Waals surface area contributed by atoms with Gasteiger partial charge in [0.2, 0.25) is 6.41 Å². The summed E-state index contributed by atoms with van der Waals surface area (Å²) >= 11 is 0. The summed E-state index contributed by atoms with van der Waals surface area (Å²) in [7, 11) is 1.10. The Kier molecular flexibility index (Phi) is 3.90. The molecule has 2 heterocycles. The Morgan fingerprint density at radius 1 is 1.41 bits per heavy atom. The van der Waals surface area contributed by atoms with Crippen LogP contribution in [0.5, 0.6) is 0 Å². The van der Waals surface area contributed by atoms with Gasteiger partial charge in [-0.05, 0) is 66.8 Å². The lowest BCUT2D eigenvalue weighted by Gasteiger charge is -2.59. The average molecular weight is 363 g/mol. The molecule has 4 aliphatic rings. The van der Waals surface area contributed by atoms with Crippen molar-refractivity contribution in [2.45, 2.75) is 39.0 Å². The van der Waals surface area contributed by atoms with E-state index in [2.05, 4.69) is 27.4 Å². The maximum atomic E-state index is 11.1. The zero-order chi connectivity index (χ0) is 18.6. The van der Waals surface area contributed by atoms with Gasteiger partial charge in [0, 0.05) is 29.3 Å². The molecule has 7 heteroatoms. The van der Waals surface area contributed by atoms with Gasteiger partial charge in [-0.25, -0.2) is 10.4 Å². The Labute approximate surface area is 159 Å². The number of carbonyl (C=O) groups excluding carboxylic acids is 1.